The van der Waals surface area contributed by atoms with Gasteiger partial charge in [0.25, 0.3) is 5.56 Å². The molecule has 1 N–H and O–H groups in total. The molecule has 0 saturated heterocycles. The van der Waals surface area contributed by atoms with Gasteiger partial charge in [0, 0.05) is 15.8 Å². The normalized spacial score (nSPS) is 12.6. The molecule has 3 aromatic rings. The molecule has 0 spiro atoms. The highest BCUT2D eigenvalue weighted by Gasteiger charge is 2.21. The minimum absolute atomic E-state index is 0.293. The lowest BCUT2D eigenvalue weighted by molar-refractivity contribution is -0.141. The van der Waals surface area contributed by atoms with Crippen molar-refractivity contribution in [3.63, 3.8) is 0 Å². The fourth-order valence-electron chi connectivity index (χ4n) is 2.27. The zero-order chi connectivity index (χ0) is 15.0. The molecule has 1 unspecified atom stereocenters. The summed E-state index contributed by atoms with van der Waals surface area (Å²) in [6.45, 7) is 1.74. The number of nitrogens with zero attached hydrogens (tertiary/aromatic N) is 2. The molecule has 0 radical (unpaired) electrons. The lowest BCUT2D eigenvalue weighted by Crippen LogP contribution is -2.29. The Morgan fingerprint density at radius 3 is 2.90 bits per heavy atom. The molecule has 0 aromatic carbocycles. The van der Waals surface area contributed by atoms with Gasteiger partial charge in [-0.2, -0.15) is 0 Å². The molecular formula is C14H12N2O3S2. The second-order valence-corrected chi connectivity index (χ2v) is 6.33. The summed E-state index contributed by atoms with van der Waals surface area (Å²) in [4.78, 5) is 29.8. The van der Waals surface area contributed by atoms with Crippen LogP contribution in [0.25, 0.3) is 20.7 Å². The van der Waals surface area contributed by atoms with E-state index in [0.717, 1.165) is 10.4 Å². The van der Waals surface area contributed by atoms with E-state index in [1.807, 2.05) is 22.9 Å². The maximum Gasteiger partial charge on any atom is 0.326 e. The molecule has 108 valence electrons. The molecule has 7 heteroatoms. The first-order valence-electron chi connectivity index (χ1n) is 6.38. The maximum absolute atomic E-state index is 12.7. The number of carboxylic acids is 1. The summed E-state index contributed by atoms with van der Waals surface area (Å²) in [5.41, 5.74) is 0.538. The lowest BCUT2D eigenvalue weighted by Gasteiger charge is -2.12. The van der Waals surface area contributed by atoms with Crippen LogP contribution in [0.5, 0.6) is 0 Å². The highest BCUT2D eigenvalue weighted by atomic mass is 32.1. The summed E-state index contributed by atoms with van der Waals surface area (Å²) in [5.74, 6) is -1.02. The van der Waals surface area contributed by atoms with Crippen LogP contribution in [-0.4, -0.2) is 20.6 Å². The van der Waals surface area contributed by atoms with Crippen LogP contribution in [0, 0.1) is 0 Å². The van der Waals surface area contributed by atoms with E-state index in [1.165, 1.54) is 22.2 Å². The van der Waals surface area contributed by atoms with Crippen LogP contribution in [0.3, 0.4) is 0 Å². The first-order chi connectivity index (χ1) is 10.1. The highest BCUT2D eigenvalue weighted by molar-refractivity contribution is 7.18. The van der Waals surface area contributed by atoms with E-state index in [4.69, 9.17) is 0 Å². The van der Waals surface area contributed by atoms with Crippen molar-refractivity contribution in [1.82, 2.24) is 9.55 Å². The fraction of sp³-hybridized carbons (Fsp3) is 0.214. The van der Waals surface area contributed by atoms with Gasteiger partial charge in [-0.15, -0.1) is 22.7 Å². The van der Waals surface area contributed by atoms with E-state index in [2.05, 4.69) is 4.98 Å². The average molecular weight is 320 g/mol. The van der Waals surface area contributed by atoms with Crippen molar-refractivity contribution in [3.8, 4) is 10.4 Å². The van der Waals surface area contributed by atoms with Gasteiger partial charge in [0.05, 0.1) is 11.7 Å². The largest absolute Gasteiger partial charge is 0.480 e. The van der Waals surface area contributed by atoms with Crippen LogP contribution in [-0.2, 0) is 4.79 Å². The second kappa shape index (κ2) is 5.42. The van der Waals surface area contributed by atoms with Crippen molar-refractivity contribution in [1.29, 1.82) is 0 Å². The number of hydrogen-bond donors (Lipinski definition) is 1. The molecule has 0 aliphatic heterocycles. The van der Waals surface area contributed by atoms with Crippen molar-refractivity contribution in [2.45, 2.75) is 19.4 Å². The van der Waals surface area contributed by atoms with Gasteiger partial charge in [-0.1, -0.05) is 13.0 Å². The smallest absolute Gasteiger partial charge is 0.326 e. The van der Waals surface area contributed by atoms with Crippen molar-refractivity contribution in [2.75, 3.05) is 0 Å². The molecule has 0 saturated carbocycles. The maximum atomic E-state index is 12.7. The van der Waals surface area contributed by atoms with Gasteiger partial charge in [0.15, 0.2) is 0 Å². The summed E-state index contributed by atoms with van der Waals surface area (Å²) in [6.07, 6.45) is 1.67. The Balaban J connectivity index is 2.27. The van der Waals surface area contributed by atoms with Crippen LogP contribution in [0.2, 0.25) is 0 Å². The van der Waals surface area contributed by atoms with Gasteiger partial charge in [-0.25, -0.2) is 9.78 Å². The molecule has 0 fully saturated rings. The summed E-state index contributed by atoms with van der Waals surface area (Å²) >= 11 is 2.94. The Morgan fingerprint density at radius 1 is 1.48 bits per heavy atom. The van der Waals surface area contributed by atoms with Gasteiger partial charge in [0.1, 0.15) is 10.9 Å². The molecule has 3 aromatic heterocycles. The molecule has 5 nitrogen and oxygen atoms in total. The number of fused-ring (bicyclic) bond motifs is 1. The zero-order valence-electron chi connectivity index (χ0n) is 11.1. The van der Waals surface area contributed by atoms with Crippen molar-refractivity contribution >= 4 is 38.9 Å². The van der Waals surface area contributed by atoms with Crippen LogP contribution in [0.4, 0.5) is 0 Å². The number of thiophene rings is 2. The molecule has 0 aliphatic rings. The molecule has 21 heavy (non-hydrogen) atoms. The fourth-order valence-corrected chi connectivity index (χ4v) is 3.99. The van der Waals surface area contributed by atoms with E-state index >= 15 is 0 Å². The number of aromatic nitrogens is 2. The molecule has 0 bridgehead atoms. The monoisotopic (exact) mass is 320 g/mol. The SMILES string of the molecule is CCC(C(=O)O)n1cnc2scc(-c3cccs3)c2c1=O. The van der Waals surface area contributed by atoms with Gasteiger partial charge in [-0.3, -0.25) is 9.36 Å². The average Bonchev–Trinajstić information content (AvgIpc) is 3.09. The topological polar surface area (TPSA) is 72.2 Å². The number of carboxylic acid groups (broad SMARTS) is 1. The summed E-state index contributed by atoms with van der Waals surface area (Å²) in [5, 5.41) is 13.6. The summed E-state index contributed by atoms with van der Waals surface area (Å²) < 4.78 is 1.22. The summed E-state index contributed by atoms with van der Waals surface area (Å²) in [6, 6.07) is 2.98. The van der Waals surface area contributed by atoms with Crippen molar-refractivity contribution in [3.05, 3.63) is 39.6 Å². The lowest BCUT2D eigenvalue weighted by atomic mass is 10.2. The van der Waals surface area contributed by atoms with Gasteiger partial charge in [-0.05, 0) is 17.9 Å². The number of hydrogen-bond acceptors (Lipinski definition) is 5. The minimum atomic E-state index is -1.02. The standard InChI is InChI=1S/C14H12N2O3S2/c1-2-9(14(18)19)16-7-15-12-11(13(16)17)8(6-21-12)10-4-3-5-20-10/h3-7,9H,2H2,1H3,(H,18,19). The quantitative estimate of drug-likeness (QED) is 0.801. The van der Waals surface area contributed by atoms with Crippen LogP contribution in [0.1, 0.15) is 19.4 Å². The van der Waals surface area contributed by atoms with Crippen molar-refractivity contribution < 1.29 is 9.90 Å². The molecule has 3 rings (SSSR count). The van der Waals surface area contributed by atoms with Crippen LogP contribution < -0.4 is 5.56 Å². The Hall–Kier alpha value is -1.99. The molecule has 0 aliphatic carbocycles. The Kier molecular flexibility index (Phi) is 3.60. The third kappa shape index (κ3) is 2.28. The Bertz CT molecular complexity index is 849. The van der Waals surface area contributed by atoms with E-state index in [1.54, 1.807) is 18.3 Å². The van der Waals surface area contributed by atoms with E-state index in [-0.39, 0.29) is 5.56 Å². The van der Waals surface area contributed by atoms with Crippen LogP contribution >= 0.6 is 22.7 Å². The van der Waals surface area contributed by atoms with Gasteiger partial charge >= 0.3 is 5.97 Å². The first kappa shape index (κ1) is 14.0. The third-order valence-electron chi connectivity index (χ3n) is 3.31. The third-order valence-corrected chi connectivity index (χ3v) is 5.10. The van der Waals surface area contributed by atoms with Crippen molar-refractivity contribution in [2.24, 2.45) is 0 Å². The van der Waals surface area contributed by atoms with E-state index in [9.17, 15) is 14.7 Å². The molecular weight excluding hydrogens is 308 g/mol. The Labute approximate surface area is 128 Å². The number of rotatable bonds is 4. The molecule has 3 heterocycles. The zero-order valence-corrected chi connectivity index (χ0v) is 12.8. The number of carbonyl (C=O) groups is 1. The van der Waals surface area contributed by atoms with Gasteiger partial charge < -0.3 is 5.11 Å². The van der Waals surface area contributed by atoms with E-state index in [0.29, 0.717) is 16.6 Å². The highest BCUT2D eigenvalue weighted by Crippen LogP contribution is 2.33. The van der Waals surface area contributed by atoms with Gasteiger partial charge in [0.2, 0.25) is 0 Å². The summed E-state index contributed by atoms with van der Waals surface area (Å²) in [7, 11) is 0. The minimum Gasteiger partial charge on any atom is -0.480 e. The number of aliphatic carboxylic acids is 1. The van der Waals surface area contributed by atoms with E-state index < -0.39 is 12.0 Å². The predicted octanol–water partition coefficient (Wildman–Crippen LogP) is 3.22. The van der Waals surface area contributed by atoms with Crippen LogP contribution in [0.15, 0.2) is 34.0 Å². The predicted molar refractivity (Wildman–Crippen MR) is 84.2 cm³/mol. The second-order valence-electron chi connectivity index (χ2n) is 4.53. The first-order valence-corrected chi connectivity index (χ1v) is 8.14. The molecule has 0 amide bonds. The molecule has 1 atom stereocenters. The Morgan fingerprint density at radius 2 is 2.29 bits per heavy atom.